The molecule has 0 aromatic rings. The first-order valence-corrected chi connectivity index (χ1v) is 7.97. The Hall–Kier alpha value is 0.660. The number of rotatable bonds is 1. The second-order valence-corrected chi connectivity index (χ2v) is 5.87. The van der Waals surface area contributed by atoms with E-state index in [4.69, 9.17) is 4.55 Å². The Bertz CT molecular complexity index is 227. The van der Waals surface area contributed by atoms with Crippen LogP contribution in [-0.2, 0) is 25.9 Å². The topological polar surface area (TPSA) is 63.6 Å². The van der Waals surface area contributed by atoms with Gasteiger partial charge in [0.2, 0.25) is 0 Å². The highest BCUT2D eigenvalue weighted by Gasteiger charge is 1.99. The number of hydrogen-bond donors (Lipinski definition) is 1. The molecule has 0 aliphatic heterocycles. The van der Waals surface area contributed by atoms with Crippen molar-refractivity contribution >= 4 is 48.8 Å². The molecule has 8 heteroatoms. The highest BCUT2D eigenvalue weighted by molar-refractivity contribution is 8.46. The van der Waals surface area contributed by atoms with Crippen LogP contribution in [0.3, 0.4) is 0 Å². The van der Waals surface area contributed by atoms with E-state index in [0.717, 1.165) is 7.11 Å². The fourth-order valence-corrected chi connectivity index (χ4v) is 2.25. The highest BCUT2D eigenvalue weighted by Crippen LogP contribution is 2.07. The van der Waals surface area contributed by atoms with E-state index in [9.17, 15) is 8.42 Å². The van der Waals surface area contributed by atoms with Gasteiger partial charge in [-0.05, 0) is 12.5 Å². The minimum atomic E-state index is -4.16. The summed E-state index contributed by atoms with van der Waals surface area (Å²) in [7, 11) is -3.29. The third kappa shape index (κ3) is 15.4. The molecule has 0 aliphatic carbocycles. The monoisotopic (exact) mass is 265 g/mol. The van der Waals surface area contributed by atoms with Gasteiger partial charge in [0.15, 0.2) is 17.6 Å². The maximum absolute atomic E-state index is 9.33. The Morgan fingerprint density at radius 2 is 1.69 bits per heavy atom. The van der Waals surface area contributed by atoms with E-state index in [1.165, 1.54) is 3.53 Å². The molecule has 0 bridgehead atoms. The molecule has 0 saturated carbocycles. The lowest BCUT2D eigenvalue weighted by molar-refractivity contribution is 0.324. The molecule has 0 unspecified atom stereocenters. The Labute approximate surface area is 91.7 Å². The first-order valence-electron chi connectivity index (χ1n) is 2.93. The highest BCUT2D eigenvalue weighted by atomic mass is 32.3. The van der Waals surface area contributed by atoms with E-state index in [-0.39, 0.29) is 0 Å². The lowest BCUT2D eigenvalue weighted by Gasteiger charge is -1.82. The second-order valence-electron chi connectivity index (χ2n) is 1.46. The maximum atomic E-state index is 9.33. The summed E-state index contributed by atoms with van der Waals surface area (Å²) in [5.41, 5.74) is 0. The van der Waals surface area contributed by atoms with Crippen LogP contribution in [-0.4, -0.2) is 42.4 Å². The summed E-state index contributed by atoms with van der Waals surface area (Å²) in [6.07, 6.45) is 6.30. The van der Waals surface area contributed by atoms with Crippen LogP contribution in [0.1, 0.15) is 0 Å². The summed E-state index contributed by atoms with van der Waals surface area (Å²) >= 11 is 5.44. The molecule has 0 amide bonds. The van der Waals surface area contributed by atoms with Crippen molar-refractivity contribution in [1.82, 2.24) is 0 Å². The SMILES string of the molecule is COS(=O)(=O)O.CSC(SC)=[S+]C. The second kappa shape index (κ2) is 9.22. The molecule has 0 rings (SSSR count). The van der Waals surface area contributed by atoms with Crippen LogP contribution in [0.5, 0.6) is 0 Å². The first kappa shape index (κ1) is 16.1. The third-order valence-electron chi connectivity index (χ3n) is 0.711. The Morgan fingerprint density at radius 1 is 1.38 bits per heavy atom. The minimum absolute atomic E-state index is 0.870. The summed E-state index contributed by atoms with van der Waals surface area (Å²) in [5, 5.41) is 0. The molecule has 80 valence electrons. The normalized spacial score (nSPS) is 9.92. The molecule has 0 aromatic heterocycles. The molecule has 0 fully saturated rings. The molecule has 4 nitrogen and oxygen atoms in total. The molecule has 0 heterocycles. The number of thioether (sulfide) groups is 2. The van der Waals surface area contributed by atoms with E-state index in [1.54, 1.807) is 0 Å². The quantitative estimate of drug-likeness (QED) is 0.433. The van der Waals surface area contributed by atoms with Crippen molar-refractivity contribution in [3.05, 3.63) is 0 Å². The largest absolute Gasteiger partial charge is 0.397 e. The molecular weight excluding hydrogens is 252 g/mol. The molecule has 0 saturated heterocycles. The van der Waals surface area contributed by atoms with Gasteiger partial charge in [0.05, 0.1) is 7.11 Å². The van der Waals surface area contributed by atoms with Crippen LogP contribution in [0.25, 0.3) is 0 Å². The molecule has 0 spiro atoms. The van der Waals surface area contributed by atoms with Gasteiger partial charge < -0.3 is 0 Å². The van der Waals surface area contributed by atoms with E-state index < -0.39 is 10.4 Å². The summed E-state index contributed by atoms with van der Waals surface area (Å²) in [5.74, 6) is 0. The summed E-state index contributed by atoms with van der Waals surface area (Å²) in [6, 6.07) is 0. The van der Waals surface area contributed by atoms with Gasteiger partial charge in [-0.15, -0.1) is 0 Å². The molecule has 0 radical (unpaired) electrons. The number of hydrogen-bond acceptors (Lipinski definition) is 5. The molecular formula is C5H13O4S4+. The average molecular weight is 265 g/mol. The van der Waals surface area contributed by atoms with Gasteiger partial charge in [0.25, 0.3) is 3.53 Å². The third-order valence-corrected chi connectivity index (χ3v) is 5.13. The molecule has 0 atom stereocenters. The summed E-state index contributed by atoms with van der Waals surface area (Å²) in [4.78, 5) is 0. The van der Waals surface area contributed by atoms with Gasteiger partial charge in [-0.25, -0.2) is 0 Å². The molecule has 0 aromatic carbocycles. The zero-order valence-corrected chi connectivity index (χ0v) is 11.1. The van der Waals surface area contributed by atoms with Crippen molar-refractivity contribution in [3.8, 4) is 0 Å². The zero-order chi connectivity index (χ0) is 10.9. The smallest absolute Gasteiger partial charge is 0.264 e. The van der Waals surface area contributed by atoms with Gasteiger partial charge in [-0.1, -0.05) is 23.5 Å². The van der Waals surface area contributed by atoms with E-state index in [2.05, 4.69) is 23.0 Å². The van der Waals surface area contributed by atoms with Crippen LogP contribution < -0.4 is 0 Å². The van der Waals surface area contributed by atoms with Gasteiger partial charge in [0, 0.05) is 0 Å². The standard InChI is InChI=1S/C4H9S3.CH4O4S/c1-5-4(6-2)7-3;1-5-6(2,3)4/h1-3H3;1H3,(H,2,3,4)/q+1;. The zero-order valence-electron chi connectivity index (χ0n) is 7.80. The Morgan fingerprint density at radius 3 is 1.69 bits per heavy atom. The van der Waals surface area contributed by atoms with Crippen LogP contribution in [0.2, 0.25) is 0 Å². The minimum Gasteiger partial charge on any atom is -0.264 e. The summed E-state index contributed by atoms with van der Waals surface area (Å²) in [6.45, 7) is 0. The summed E-state index contributed by atoms with van der Waals surface area (Å²) < 4.78 is 31.1. The van der Waals surface area contributed by atoms with Gasteiger partial charge in [-0.2, -0.15) is 8.42 Å². The van der Waals surface area contributed by atoms with Crippen molar-refractivity contribution in [1.29, 1.82) is 0 Å². The fourth-order valence-electron chi connectivity index (χ4n) is 0.250. The van der Waals surface area contributed by atoms with Crippen molar-refractivity contribution in [2.45, 2.75) is 0 Å². The predicted molar refractivity (Wildman–Crippen MR) is 63.9 cm³/mol. The van der Waals surface area contributed by atoms with Crippen molar-refractivity contribution < 1.29 is 17.2 Å². The predicted octanol–water partition coefficient (Wildman–Crippen LogP) is 0.948. The lowest BCUT2D eigenvalue weighted by atomic mass is 11.8. The Balaban J connectivity index is 0. The van der Waals surface area contributed by atoms with E-state index in [0.29, 0.717) is 0 Å². The van der Waals surface area contributed by atoms with Gasteiger partial charge >= 0.3 is 10.4 Å². The average Bonchev–Trinajstić information content (AvgIpc) is 2.07. The van der Waals surface area contributed by atoms with Crippen LogP contribution in [0, 0.1) is 0 Å². The molecule has 13 heavy (non-hydrogen) atoms. The molecule has 0 aliphatic rings. The van der Waals surface area contributed by atoms with Crippen molar-refractivity contribution in [2.75, 3.05) is 25.9 Å². The van der Waals surface area contributed by atoms with Crippen molar-refractivity contribution in [3.63, 3.8) is 0 Å². The fraction of sp³-hybridized carbons (Fsp3) is 0.800. The van der Waals surface area contributed by atoms with Crippen molar-refractivity contribution in [2.24, 2.45) is 0 Å². The lowest BCUT2D eigenvalue weighted by Crippen LogP contribution is -1.96. The van der Waals surface area contributed by atoms with Crippen LogP contribution in [0.15, 0.2) is 0 Å². The van der Waals surface area contributed by atoms with Gasteiger partial charge in [-0.3, -0.25) is 8.74 Å². The molecule has 1 N–H and O–H groups in total. The van der Waals surface area contributed by atoms with E-state index in [1.807, 2.05) is 34.9 Å². The van der Waals surface area contributed by atoms with Gasteiger partial charge in [0.1, 0.15) is 0 Å². The van der Waals surface area contributed by atoms with Crippen LogP contribution >= 0.6 is 23.5 Å². The first-order chi connectivity index (χ1) is 5.91. The Kier molecular flexibility index (Phi) is 11.4. The van der Waals surface area contributed by atoms with Crippen LogP contribution in [0.4, 0.5) is 0 Å². The maximum Gasteiger partial charge on any atom is 0.397 e. The van der Waals surface area contributed by atoms with E-state index >= 15 is 0 Å².